The summed E-state index contributed by atoms with van der Waals surface area (Å²) in [6.45, 7) is 0. The molecule has 9 heterocycles. The minimum atomic E-state index is -0.594. The maximum Gasteiger partial charge on any atom is 0.319 e. The van der Waals surface area contributed by atoms with Crippen LogP contribution in [0.5, 0.6) is 0 Å². The van der Waals surface area contributed by atoms with Crippen LogP contribution in [0.2, 0.25) is 0 Å². The van der Waals surface area contributed by atoms with Crippen molar-refractivity contribution in [2.45, 2.75) is 5.66 Å². The molecule has 5 aromatic carbocycles. The summed E-state index contributed by atoms with van der Waals surface area (Å²) in [5.74, 6) is 0. The molecule has 5 nitrogen and oxygen atoms in total. The van der Waals surface area contributed by atoms with Gasteiger partial charge >= 0.3 is 5.66 Å². The highest BCUT2D eigenvalue weighted by molar-refractivity contribution is 6.15. The molecule has 1 spiro atoms. The van der Waals surface area contributed by atoms with E-state index in [1.54, 1.807) is 0 Å². The first-order valence-electron chi connectivity index (χ1n) is 16.1. The van der Waals surface area contributed by atoms with E-state index in [9.17, 15) is 0 Å². The van der Waals surface area contributed by atoms with Gasteiger partial charge in [-0.1, -0.05) is 48.5 Å². The van der Waals surface area contributed by atoms with Crippen LogP contribution in [0.3, 0.4) is 0 Å². The monoisotopic (exact) mass is 583 g/mol. The highest BCUT2D eigenvalue weighted by Crippen LogP contribution is 2.56. The standard InChI is InChI=1S/C41H21N5/c1-4-11-28-22(8-1)25-16-21-35-37-38(25)42(28)33-14-7-15-34-36(33)41(37)45-31(19-17-26-23-9-2-5-12-29(23)43(34)39(26)45)32-20-18-27-24-10-3-6-13-30(24)44(35)40(27)46(32)41/h1-21H/q+2. The molecule has 0 radical (unpaired) electrons. The van der Waals surface area contributed by atoms with Gasteiger partial charge in [-0.3, -0.25) is 0 Å². The van der Waals surface area contributed by atoms with E-state index in [1.165, 1.54) is 105 Å². The lowest BCUT2D eigenvalue weighted by atomic mass is 9.81. The first kappa shape index (κ1) is 21.5. The molecule has 0 amide bonds. The Kier molecular flexibility index (Phi) is 3.01. The van der Waals surface area contributed by atoms with Crippen molar-refractivity contribution >= 4 is 65.7 Å². The lowest BCUT2D eigenvalue weighted by molar-refractivity contribution is -0.920. The van der Waals surface area contributed by atoms with Crippen molar-refractivity contribution in [3.05, 3.63) is 139 Å². The molecule has 0 saturated heterocycles. The van der Waals surface area contributed by atoms with Crippen molar-refractivity contribution < 1.29 is 9.13 Å². The predicted octanol–water partition coefficient (Wildman–Crippen LogP) is 7.77. The molecule has 0 fully saturated rings. The quantitative estimate of drug-likeness (QED) is 0.163. The van der Waals surface area contributed by atoms with Crippen molar-refractivity contribution in [2.24, 2.45) is 0 Å². The normalized spacial score (nSPS) is 17.2. The van der Waals surface area contributed by atoms with E-state index in [-0.39, 0.29) is 0 Å². The van der Waals surface area contributed by atoms with Gasteiger partial charge < -0.3 is 4.57 Å². The van der Waals surface area contributed by atoms with Crippen LogP contribution < -0.4 is 9.13 Å². The van der Waals surface area contributed by atoms with Crippen LogP contribution in [0.1, 0.15) is 11.1 Å². The van der Waals surface area contributed by atoms with Crippen LogP contribution in [0, 0.1) is 0 Å². The van der Waals surface area contributed by atoms with Crippen molar-refractivity contribution in [3.63, 3.8) is 0 Å². The molecule has 1 unspecified atom stereocenters. The van der Waals surface area contributed by atoms with Crippen molar-refractivity contribution in [1.29, 1.82) is 0 Å². The van der Waals surface area contributed by atoms with Gasteiger partial charge in [0.1, 0.15) is 33.5 Å². The lowest BCUT2D eigenvalue weighted by Crippen LogP contribution is -2.75. The van der Waals surface area contributed by atoms with Gasteiger partial charge in [-0.25, -0.2) is 0 Å². The molecule has 0 aliphatic carbocycles. The topological polar surface area (TPSA) is 22.5 Å². The molecule has 0 saturated carbocycles. The van der Waals surface area contributed by atoms with E-state index in [0.29, 0.717) is 0 Å². The van der Waals surface area contributed by atoms with Crippen LogP contribution in [0.15, 0.2) is 127 Å². The van der Waals surface area contributed by atoms with Crippen LogP contribution in [0.25, 0.3) is 94.1 Å². The van der Waals surface area contributed by atoms with Crippen molar-refractivity contribution in [3.8, 4) is 28.5 Å². The third-order valence-electron chi connectivity index (χ3n) is 11.7. The summed E-state index contributed by atoms with van der Waals surface area (Å²) >= 11 is 0. The van der Waals surface area contributed by atoms with Gasteiger partial charge in [0.05, 0.1) is 27.5 Å². The third kappa shape index (κ3) is 1.82. The number of hydrogen-bond donors (Lipinski definition) is 0. The van der Waals surface area contributed by atoms with Crippen LogP contribution in [0.4, 0.5) is 0 Å². The second-order valence-electron chi connectivity index (χ2n) is 13.3. The fourth-order valence-electron chi connectivity index (χ4n) is 10.3. The largest absolute Gasteiger partial charge is 0.319 e. The molecule has 0 N–H and O–H groups in total. The first-order valence-corrected chi connectivity index (χ1v) is 16.1. The van der Waals surface area contributed by atoms with E-state index in [0.717, 1.165) is 0 Å². The Labute approximate surface area is 260 Å². The molecule has 1 atom stereocenters. The molecule has 46 heavy (non-hydrogen) atoms. The Morgan fingerprint density at radius 2 is 0.848 bits per heavy atom. The Bertz CT molecular complexity index is 3170. The van der Waals surface area contributed by atoms with Crippen LogP contribution in [-0.2, 0) is 5.66 Å². The van der Waals surface area contributed by atoms with Crippen molar-refractivity contribution in [1.82, 2.24) is 13.7 Å². The fraction of sp³-hybridized carbons (Fsp3) is 0.0244. The summed E-state index contributed by atoms with van der Waals surface area (Å²) in [5.41, 5.74) is 16.0. The number of nitrogens with zero attached hydrogens (tertiary/aromatic N) is 5. The van der Waals surface area contributed by atoms with E-state index < -0.39 is 5.66 Å². The zero-order valence-corrected chi connectivity index (χ0v) is 24.4. The van der Waals surface area contributed by atoms with E-state index >= 15 is 0 Å². The summed E-state index contributed by atoms with van der Waals surface area (Å²) in [4.78, 5) is 0. The average Bonchev–Trinajstić information content (AvgIpc) is 3.82. The summed E-state index contributed by atoms with van der Waals surface area (Å²) < 4.78 is 13.1. The number of rotatable bonds is 0. The molecular weight excluding hydrogens is 562 g/mol. The fourth-order valence-corrected chi connectivity index (χ4v) is 10.3. The minimum Gasteiger partial charge on any atom is -0.308 e. The van der Waals surface area contributed by atoms with Crippen LogP contribution >= 0.6 is 0 Å². The molecule has 14 rings (SSSR count). The van der Waals surface area contributed by atoms with Gasteiger partial charge in [-0.15, -0.1) is 0 Å². The molecule has 5 aromatic heterocycles. The smallest absolute Gasteiger partial charge is 0.308 e. The zero-order chi connectivity index (χ0) is 29.2. The van der Waals surface area contributed by atoms with Crippen molar-refractivity contribution in [2.75, 3.05) is 0 Å². The highest BCUT2D eigenvalue weighted by Gasteiger charge is 2.68. The number of hydrogen-bond acceptors (Lipinski definition) is 0. The minimum absolute atomic E-state index is 0.594. The average molecular weight is 584 g/mol. The van der Waals surface area contributed by atoms with Gasteiger partial charge in [0, 0.05) is 21.5 Å². The number of pyridine rings is 2. The van der Waals surface area contributed by atoms with E-state index in [2.05, 4.69) is 150 Å². The first-order chi connectivity index (χ1) is 22.9. The Morgan fingerprint density at radius 3 is 1.46 bits per heavy atom. The van der Waals surface area contributed by atoms with Gasteiger partial charge in [0.15, 0.2) is 11.4 Å². The summed E-state index contributed by atoms with van der Waals surface area (Å²) in [7, 11) is 0. The Morgan fingerprint density at radius 1 is 0.370 bits per heavy atom. The van der Waals surface area contributed by atoms with Crippen LogP contribution in [-0.4, -0.2) is 13.7 Å². The molecule has 208 valence electrons. The van der Waals surface area contributed by atoms with Gasteiger partial charge in [0.2, 0.25) is 0 Å². The molecule has 4 aliphatic rings. The Hall–Kier alpha value is -6.20. The third-order valence-corrected chi connectivity index (χ3v) is 11.7. The zero-order valence-electron chi connectivity index (χ0n) is 24.4. The van der Waals surface area contributed by atoms with Gasteiger partial charge in [-0.2, -0.15) is 18.3 Å². The molecule has 0 bridgehead atoms. The molecule has 10 aromatic rings. The van der Waals surface area contributed by atoms with Gasteiger partial charge in [-0.05, 0) is 78.9 Å². The highest BCUT2D eigenvalue weighted by atomic mass is 15.4. The number of benzene rings is 5. The summed E-state index contributed by atoms with van der Waals surface area (Å²) in [6.07, 6.45) is 0. The second kappa shape index (κ2) is 6.44. The molecular formula is C41H21N5+2. The number of para-hydroxylation sites is 3. The SMILES string of the molecule is c1cc2c3c(c1)-n1c4ccccc4c4ccc5[n+](c41)C31c3c(ccc4c6ccccc6n-2c34)-n2c3ccccc3c3ccc-5[n+]1c32. The summed E-state index contributed by atoms with van der Waals surface area (Å²) in [6, 6.07) is 48.1. The van der Waals surface area contributed by atoms with E-state index in [1.807, 2.05) is 0 Å². The number of fused-ring (bicyclic) bond motifs is 13. The lowest BCUT2D eigenvalue weighted by Gasteiger charge is -2.39. The van der Waals surface area contributed by atoms with Gasteiger partial charge in [0.25, 0.3) is 11.3 Å². The molecule has 5 heteroatoms. The Balaban J connectivity index is 1.40. The molecule has 4 aliphatic heterocycles. The maximum atomic E-state index is 2.71. The second-order valence-corrected chi connectivity index (χ2v) is 13.3. The summed E-state index contributed by atoms with van der Waals surface area (Å²) in [5, 5.41) is 7.77. The number of aromatic nitrogens is 5. The maximum absolute atomic E-state index is 2.71. The predicted molar refractivity (Wildman–Crippen MR) is 180 cm³/mol. The van der Waals surface area contributed by atoms with E-state index in [4.69, 9.17) is 0 Å².